The summed E-state index contributed by atoms with van der Waals surface area (Å²) in [5, 5.41) is 0. The van der Waals surface area contributed by atoms with Gasteiger partial charge in [0, 0.05) is 6.08 Å². The zero-order valence-corrected chi connectivity index (χ0v) is 26.4. The molecule has 2 aromatic rings. The molecular formula is C32H45NO10. The molecule has 0 bridgehead atoms. The van der Waals surface area contributed by atoms with E-state index < -0.39 is 11.9 Å². The summed E-state index contributed by atoms with van der Waals surface area (Å²) in [5.74, 6) is 1.89. The number of hydrogen-bond acceptors (Lipinski definition) is 11. The molecule has 238 valence electrons. The van der Waals surface area contributed by atoms with Crippen LogP contribution in [0.25, 0.3) is 6.08 Å². The molecule has 43 heavy (non-hydrogen) atoms. The van der Waals surface area contributed by atoms with Crippen LogP contribution in [0.3, 0.4) is 0 Å². The molecule has 0 aliphatic carbocycles. The van der Waals surface area contributed by atoms with Crippen molar-refractivity contribution in [2.75, 3.05) is 76.0 Å². The Morgan fingerprint density at radius 1 is 0.628 bits per heavy atom. The SMILES string of the molecule is COc1cc(/C=C/C(=O)OCCCCCN(C)CCCCOC(=O)c2cc(OC)c(OC)c(OC)c2)cc(OC)c1OC. The van der Waals surface area contributed by atoms with Crippen molar-refractivity contribution in [2.24, 2.45) is 0 Å². The molecule has 0 aromatic heterocycles. The van der Waals surface area contributed by atoms with Crippen LogP contribution in [0.4, 0.5) is 0 Å². The number of hydrogen-bond donors (Lipinski definition) is 0. The van der Waals surface area contributed by atoms with E-state index in [9.17, 15) is 9.59 Å². The number of ether oxygens (including phenoxy) is 8. The first kappa shape index (κ1) is 35.1. The molecule has 0 saturated carbocycles. The molecule has 0 amide bonds. The predicted octanol–water partition coefficient (Wildman–Crippen LogP) is 5.03. The predicted molar refractivity (Wildman–Crippen MR) is 163 cm³/mol. The van der Waals surface area contributed by atoms with Crippen LogP contribution in [0.2, 0.25) is 0 Å². The van der Waals surface area contributed by atoms with Crippen LogP contribution in [0.5, 0.6) is 34.5 Å². The Labute approximate surface area is 254 Å². The van der Waals surface area contributed by atoms with Gasteiger partial charge in [-0.3, -0.25) is 0 Å². The molecule has 11 nitrogen and oxygen atoms in total. The molecule has 0 spiro atoms. The minimum absolute atomic E-state index is 0.322. The van der Waals surface area contributed by atoms with Crippen molar-refractivity contribution in [1.29, 1.82) is 0 Å². The molecular weight excluding hydrogens is 558 g/mol. The van der Waals surface area contributed by atoms with Gasteiger partial charge in [-0.2, -0.15) is 0 Å². The van der Waals surface area contributed by atoms with Gasteiger partial charge in [0.05, 0.1) is 61.4 Å². The van der Waals surface area contributed by atoms with Gasteiger partial charge >= 0.3 is 11.9 Å². The summed E-state index contributed by atoms with van der Waals surface area (Å²) < 4.78 is 42.6. The minimum atomic E-state index is -0.440. The van der Waals surface area contributed by atoms with E-state index in [0.29, 0.717) is 53.3 Å². The van der Waals surface area contributed by atoms with Gasteiger partial charge in [-0.15, -0.1) is 0 Å². The van der Waals surface area contributed by atoms with Crippen LogP contribution in [-0.2, 0) is 14.3 Å². The number of benzene rings is 2. The highest BCUT2D eigenvalue weighted by atomic mass is 16.5. The number of methoxy groups -OCH3 is 6. The lowest BCUT2D eigenvalue weighted by atomic mass is 10.1. The Balaban J connectivity index is 1.60. The second-order valence-electron chi connectivity index (χ2n) is 9.58. The van der Waals surface area contributed by atoms with Gasteiger partial charge in [-0.1, -0.05) is 0 Å². The average molecular weight is 604 g/mol. The van der Waals surface area contributed by atoms with E-state index in [4.69, 9.17) is 37.9 Å². The van der Waals surface area contributed by atoms with E-state index in [1.165, 1.54) is 48.7 Å². The van der Waals surface area contributed by atoms with Gasteiger partial charge in [0.2, 0.25) is 11.5 Å². The van der Waals surface area contributed by atoms with Crippen LogP contribution in [0.15, 0.2) is 30.3 Å². The van der Waals surface area contributed by atoms with E-state index >= 15 is 0 Å². The van der Waals surface area contributed by atoms with Crippen molar-refractivity contribution in [3.05, 3.63) is 41.5 Å². The van der Waals surface area contributed by atoms with E-state index in [0.717, 1.165) is 50.8 Å². The molecule has 2 aromatic carbocycles. The van der Waals surface area contributed by atoms with Crippen molar-refractivity contribution in [1.82, 2.24) is 4.90 Å². The highest BCUT2D eigenvalue weighted by Crippen LogP contribution is 2.39. The molecule has 0 aliphatic heterocycles. The molecule has 0 unspecified atom stereocenters. The van der Waals surface area contributed by atoms with Gasteiger partial charge in [0.25, 0.3) is 0 Å². The van der Waals surface area contributed by atoms with E-state index in [2.05, 4.69) is 11.9 Å². The monoisotopic (exact) mass is 603 g/mol. The second-order valence-corrected chi connectivity index (χ2v) is 9.58. The number of carbonyl (C=O) groups excluding carboxylic acids is 2. The molecule has 0 aliphatic rings. The standard InChI is InChI=1S/C32H45NO10/c1-33(16-10-12-18-43-32(35)24-21-27(38-4)31(41-7)28(22-24)39-5)15-9-8-11-17-42-29(34)14-13-23-19-25(36-2)30(40-6)26(20-23)37-3/h13-14,19-22H,8-12,15-18H2,1-7H3/b14-13+. The van der Waals surface area contributed by atoms with Gasteiger partial charge < -0.3 is 42.8 Å². The fraction of sp³-hybridized carbons (Fsp3) is 0.500. The molecule has 0 fully saturated rings. The number of carbonyl (C=O) groups is 2. The normalized spacial score (nSPS) is 10.9. The summed E-state index contributed by atoms with van der Waals surface area (Å²) >= 11 is 0. The molecule has 0 radical (unpaired) electrons. The van der Waals surface area contributed by atoms with Crippen LogP contribution < -0.4 is 28.4 Å². The Bertz CT molecular complexity index is 1150. The van der Waals surface area contributed by atoms with Gasteiger partial charge in [-0.25, -0.2) is 9.59 Å². The van der Waals surface area contributed by atoms with E-state index in [1.54, 1.807) is 30.3 Å². The molecule has 0 atom stereocenters. The summed E-state index contributed by atoms with van der Waals surface area (Å²) in [6.07, 6.45) is 7.40. The van der Waals surface area contributed by atoms with Gasteiger partial charge in [0.15, 0.2) is 23.0 Å². The van der Waals surface area contributed by atoms with Crippen molar-refractivity contribution in [2.45, 2.75) is 32.1 Å². The van der Waals surface area contributed by atoms with Crippen LogP contribution in [0.1, 0.15) is 48.0 Å². The lowest BCUT2D eigenvalue weighted by Gasteiger charge is -2.16. The fourth-order valence-electron chi connectivity index (χ4n) is 4.29. The number of rotatable bonds is 20. The van der Waals surface area contributed by atoms with Crippen LogP contribution >= 0.6 is 0 Å². The maximum atomic E-state index is 12.5. The molecule has 0 saturated heterocycles. The third-order valence-electron chi connectivity index (χ3n) is 6.60. The molecule has 0 heterocycles. The smallest absolute Gasteiger partial charge is 0.338 e. The zero-order valence-electron chi connectivity index (χ0n) is 26.4. The Hall–Kier alpha value is -4.12. The summed E-state index contributed by atoms with van der Waals surface area (Å²) in [6, 6.07) is 6.66. The van der Waals surface area contributed by atoms with Crippen LogP contribution in [0, 0.1) is 0 Å². The van der Waals surface area contributed by atoms with Crippen LogP contribution in [-0.4, -0.2) is 92.8 Å². The highest BCUT2D eigenvalue weighted by molar-refractivity contribution is 5.91. The first-order valence-electron chi connectivity index (χ1n) is 14.1. The summed E-state index contributed by atoms with van der Waals surface area (Å²) in [5.41, 5.74) is 1.07. The fourth-order valence-corrected chi connectivity index (χ4v) is 4.29. The third-order valence-corrected chi connectivity index (χ3v) is 6.60. The molecule has 0 N–H and O–H groups in total. The maximum absolute atomic E-state index is 12.5. The first-order chi connectivity index (χ1) is 20.8. The minimum Gasteiger partial charge on any atom is -0.493 e. The summed E-state index contributed by atoms with van der Waals surface area (Å²) in [6.45, 7) is 2.50. The Morgan fingerprint density at radius 3 is 1.60 bits per heavy atom. The second kappa shape index (κ2) is 19.1. The number of unbranched alkanes of at least 4 members (excludes halogenated alkanes) is 3. The van der Waals surface area contributed by atoms with Crippen molar-refractivity contribution in [3.63, 3.8) is 0 Å². The first-order valence-corrected chi connectivity index (χ1v) is 14.1. The highest BCUT2D eigenvalue weighted by Gasteiger charge is 2.18. The number of esters is 2. The average Bonchev–Trinajstić information content (AvgIpc) is 3.03. The van der Waals surface area contributed by atoms with Crippen molar-refractivity contribution < 1.29 is 47.5 Å². The van der Waals surface area contributed by atoms with Gasteiger partial charge in [0.1, 0.15) is 0 Å². The number of nitrogens with zero attached hydrogens (tertiary/aromatic N) is 1. The topological polar surface area (TPSA) is 111 Å². The third kappa shape index (κ3) is 11.2. The Kier molecular flexibility index (Phi) is 15.6. The van der Waals surface area contributed by atoms with Gasteiger partial charge in [-0.05, 0) is 88.1 Å². The quantitative estimate of drug-likeness (QED) is 0.115. The zero-order chi connectivity index (χ0) is 31.6. The summed E-state index contributed by atoms with van der Waals surface area (Å²) in [7, 11) is 11.2. The maximum Gasteiger partial charge on any atom is 0.338 e. The largest absolute Gasteiger partial charge is 0.493 e. The van der Waals surface area contributed by atoms with Crippen molar-refractivity contribution >= 4 is 18.0 Å². The molecule has 2 rings (SSSR count). The summed E-state index contributed by atoms with van der Waals surface area (Å²) in [4.78, 5) is 26.8. The lowest BCUT2D eigenvalue weighted by molar-refractivity contribution is -0.137. The van der Waals surface area contributed by atoms with E-state index in [-0.39, 0.29) is 0 Å². The Morgan fingerprint density at radius 2 is 1.09 bits per heavy atom. The van der Waals surface area contributed by atoms with E-state index in [1.807, 2.05) is 0 Å². The molecule has 11 heteroatoms. The van der Waals surface area contributed by atoms with Crippen molar-refractivity contribution in [3.8, 4) is 34.5 Å². The lowest BCUT2D eigenvalue weighted by Crippen LogP contribution is -2.21.